The lowest BCUT2D eigenvalue weighted by Crippen LogP contribution is -2.24. The summed E-state index contributed by atoms with van der Waals surface area (Å²) in [6, 6.07) is 4.80. The van der Waals surface area contributed by atoms with Gasteiger partial charge in [0.2, 0.25) is 0 Å². The number of halogens is 1. The average Bonchev–Trinajstić information content (AvgIpc) is 3.11. The third-order valence-corrected chi connectivity index (χ3v) is 5.00. The fraction of sp³-hybridized carbons (Fsp3) is 0.318. The van der Waals surface area contributed by atoms with Crippen molar-refractivity contribution in [3.05, 3.63) is 56.6 Å². The second kappa shape index (κ2) is 10.1. The number of aromatic nitrogens is 2. The third kappa shape index (κ3) is 4.28. The summed E-state index contributed by atoms with van der Waals surface area (Å²) in [7, 11) is 1.56. The van der Waals surface area contributed by atoms with Crippen LogP contribution in [0, 0.1) is 12.7 Å². The van der Waals surface area contributed by atoms with Crippen molar-refractivity contribution in [3.63, 3.8) is 0 Å². The molecule has 0 aliphatic carbocycles. The quantitative estimate of drug-likeness (QED) is 0.336. The van der Waals surface area contributed by atoms with E-state index in [1.807, 2.05) is 26.8 Å². The molecule has 3 heterocycles. The van der Waals surface area contributed by atoms with Crippen molar-refractivity contribution >= 4 is 23.1 Å². The number of methoxy groups -OCH3 is 1. The number of hydrogen-bond donors (Lipinski definition) is 3. The number of fused-ring (bicyclic) bond motifs is 4. The van der Waals surface area contributed by atoms with Crippen molar-refractivity contribution in [2.24, 2.45) is 5.73 Å². The first-order valence-corrected chi connectivity index (χ1v) is 9.78. The highest BCUT2D eigenvalue weighted by Gasteiger charge is 2.27. The smallest absolute Gasteiger partial charge is 0.290 e. The van der Waals surface area contributed by atoms with Gasteiger partial charge in [-0.3, -0.25) is 9.59 Å². The largest absolute Gasteiger partial charge is 0.483 e. The molecule has 166 valence electrons. The molecule has 0 fully saturated rings. The number of aryl methyl sites for hydroxylation is 1. The van der Waals surface area contributed by atoms with Crippen LogP contribution in [0.2, 0.25) is 0 Å². The first-order valence-electron chi connectivity index (χ1n) is 9.78. The highest BCUT2D eigenvalue weighted by atomic mass is 19.1. The van der Waals surface area contributed by atoms with E-state index in [0.717, 1.165) is 27.8 Å². The van der Waals surface area contributed by atoms with Crippen LogP contribution in [-0.2, 0) is 29.2 Å². The normalized spacial score (nSPS) is 11.0. The summed E-state index contributed by atoms with van der Waals surface area (Å²) in [5, 5.41) is 7.61. The number of pyridine rings is 2. The molecule has 0 amide bonds. The number of nitrogens with two attached hydrogens (primary N) is 2. The Bertz CT molecular complexity index is 1170. The van der Waals surface area contributed by atoms with Gasteiger partial charge in [-0.1, -0.05) is 13.8 Å². The fourth-order valence-electron chi connectivity index (χ4n) is 3.66. The summed E-state index contributed by atoms with van der Waals surface area (Å²) < 4.78 is 20.8. The van der Waals surface area contributed by atoms with E-state index in [1.165, 1.54) is 6.07 Å². The van der Waals surface area contributed by atoms with Crippen molar-refractivity contribution in [1.82, 2.24) is 9.55 Å². The molecule has 1 aliphatic heterocycles. The van der Waals surface area contributed by atoms with Gasteiger partial charge in [-0.15, -0.1) is 0 Å². The van der Waals surface area contributed by atoms with E-state index in [-0.39, 0.29) is 30.9 Å². The Hall–Kier alpha value is -3.30. The van der Waals surface area contributed by atoms with E-state index >= 15 is 0 Å². The van der Waals surface area contributed by atoms with E-state index in [1.54, 1.807) is 17.7 Å². The topological polar surface area (TPSA) is 133 Å². The molecular formula is C22H27FN4O4. The van der Waals surface area contributed by atoms with Crippen molar-refractivity contribution in [1.29, 1.82) is 0 Å². The number of nitrogens with zero attached hydrogens (tertiary/aromatic N) is 2. The van der Waals surface area contributed by atoms with E-state index in [0.29, 0.717) is 23.3 Å². The molecule has 0 spiro atoms. The Kier molecular flexibility index (Phi) is 7.84. The Morgan fingerprint density at radius 1 is 1.29 bits per heavy atom. The average molecular weight is 430 g/mol. The molecule has 4 rings (SSSR count). The van der Waals surface area contributed by atoms with Gasteiger partial charge >= 0.3 is 0 Å². The molecule has 0 saturated carbocycles. The summed E-state index contributed by atoms with van der Waals surface area (Å²) in [5.74, 6) is -0.519. The van der Waals surface area contributed by atoms with Crippen LogP contribution >= 0.6 is 0 Å². The fourth-order valence-corrected chi connectivity index (χ4v) is 3.66. The first kappa shape index (κ1) is 24.0. The predicted molar refractivity (Wildman–Crippen MR) is 118 cm³/mol. The third-order valence-electron chi connectivity index (χ3n) is 5.00. The van der Waals surface area contributed by atoms with E-state index in [9.17, 15) is 9.18 Å². The van der Waals surface area contributed by atoms with E-state index in [4.69, 9.17) is 26.1 Å². The highest BCUT2D eigenvalue weighted by molar-refractivity contribution is 5.90. The minimum atomic E-state index is -0.519. The van der Waals surface area contributed by atoms with Crippen molar-refractivity contribution in [3.8, 4) is 11.4 Å². The van der Waals surface area contributed by atoms with Crippen LogP contribution in [-0.4, -0.2) is 28.2 Å². The van der Waals surface area contributed by atoms with Crippen LogP contribution in [0.3, 0.4) is 0 Å². The summed E-state index contributed by atoms with van der Waals surface area (Å²) in [6.07, 6.45) is 0. The van der Waals surface area contributed by atoms with Crippen molar-refractivity contribution in [2.45, 2.75) is 40.5 Å². The van der Waals surface area contributed by atoms with Crippen molar-refractivity contribution in [2.75, 3.05) is 12.8 Å². The maximum Gasteiger partial charge on any atom is 0.290 e. The molecule has 9 heteroatoms. The van der Waals surface area contributed by atoms with E-state index in [2.05, 4.69) is 4.98 Å². The van der Waals surface area contributed by atoms with Gasteiger partial charge in [0.15, 0.2) is 0 Å². The minimum Gasteiger partial charge on any atom is -0.483 e. The van der Waals surface area contributed by atoms with Crippen LogP contribution in [0.5, 0.6) is 0 Å². The standard InChI is InChI=1S/C19H19FN4O2.C2H6.CH2O2/c1-9-3-17-18-12(7-24(17)19(25)13(9)8-26-2)11(6-21)10-4-15(22)14(20)5-16(10)23-18;1-2;2-1-3/h3-5H,6-8,21-22H2,1-2H3;1-2H3;1H,(H,2,3). The number of benzene rings is 1. The SMILES string of the molecule is CC.COCc1c(C)cc2n(c1=O)Cc1c-2nc2cc(F)c(N)cc2c1CN.O=CO. The Morgan fingerprint density at radius 2 is 1.94 bits per heavy atom. The molecule has 1 aromatic carbocycles. The van der Waals surface area contributed by atoms with Gasteiger partial charge in [0.05, 0.1) is 35.7 Å². The molecule has 31 heavy (non-hydrogen) atoms. The molecule has 5 N–H and O–H groups in total. The number of rotatable bonds is 3. The summed E-state index contributed by atoms with van der Waals surface area (Å²) in [4.78, 5) is 25.9. The highest BCUT2D eigenvalue weighted by Crippen LogP contribution is 2.36. The van der Waals surface area contributed by atoms with Crippen LogP contribution < -0.4 is 17.0 Å². The maximum atomic E-state index is 13.9. The first-order chi connectivity index (χ1) is 14.9. The summed E-state index contributed by atoms with van der Waals surface area (Å²) >= 11 is 0. The second-order valence-corrected chi connectivity index (χ2v) is 6.63. The van der Waals surface area contributed by atoms with Crippen LogP contribution in [0.15, 0.2) is 23.0 Å². The number of carboxylic acid groups (broad SMARTS) is 1. The molecule has 2 aromatic heterocycles. The van der Waals surface area contributed by atoms with Crippen LogP contribution in [0.4, 0.5) is 10.1 Å². The van der Waals surface area contributed by atoms with Gasteiger partial charge in [-0.2, -0.15) is 0 Å². The molecule has 0 atom stereocenters. The van der Waals surface area contributed by atoms with Gasteiger partial charge < -0.3 is 25.9 Å². The van der Waals surface area contributed by atoms with Crippen molar-refractivity contribution < 1.29 is 19.0 Å². The zero-order valence-corrected chi connectivity index (χ0v) is 18.0. The number of carbonyl (C=O) groups is 1. The number of anilines is 1. The van der Waals surface area contributed by atoms with Crippen LogP contribution in [0.25, 0.3) is 22.3 Å². The number of hydrogen-bond acceptors (Lipinski definition) is 6. The minimum absolute atomic E-state index is 0.0554. The molecule has 0 unspecified atom stereocenters. The maximum absolute atomic E-state index is 13.9. The Balaban J connectivity index is 0.000000630. The molecule has 3 aromatic rings. The lowest BCUT2D eigenvalue weighted by Gasteiger charge is -2.11. The zero-order chi connectivity index (χ0) is 23.3. The summed E-state index contributed by atoms with van der Waals surface area (Å²) in [5.41, 5.74) is 16.7. The van der Waals surface area contributed by atoms with Crippen LogP contribution in [0.1, 0.15) is 36.1 Å². The summed E-state index contributed by atoms with van der Waals surface area (Å²) in [6.45, 7) is 6.51. The monoisotopic (exact) mass is 430 g/mol. The zero-order valence-electron chi connectivity index (χ0n) is 18.0. The molecule has 0 bridgehead atoms. The molecule has 1 aliphatic rings. The molecule has 0 radical (unpaired) electrons. The lowest BCUT2D eigenvalue weighted by molar-refractivity contribution is -0.122. The Labute approximate surface area is 179 Å². The van der Waals surface area contributed by atoms with Gasteiger partial charge in [0.1, 0.15) is 5.82 Å². The van der Waals surface area contributed by atoms with Gasteiger partial charge in [-0.25, -0.2) is 9.37 Å². The number of ether oxygens (including phenoxy) is 1. The predicted octanol–water partition coefficient (Wildman–Crippen LogP) is 2.79. The van der Waals surface area contributed by atoms with Gasteiger partial charge in [-0.05, 0) is 30.2 Å². The van der Waals surface area contributed by atoms with Gasteiger partial charge in [0, 0.05) is 36.2 Å². The van der Waals surface area contributed by atoms with Gasteiger partial charge in [0.25, 0.3) is 12.0 Å². The number of nitrogen functional groups attached to an aromatic ring is 1. The molecular weight excluding hydrogens is 403 g/mol. The van der Waals surface area contributed by atoms with E-state index < -0.39 is 5.82 Å². The second-order valence-electron chi connectivity index (χ2n) is 6.63. The molecule has 8 nitrogen and oxygen atoms in total. The lowest BCUT2D eigenvalue weighted by atomic mass is 10.00. The molecule has 0 saturated heterocycles. The Morgan fingerprint density at radius 3 is 2.52 bits per heavy atom.